The average molecular weight is 518 g/mol. The SMILES string of the molecule is CC(C)OC(=O)COC1CCN(C(=O)C(C)CC(=O)c2ccc(C(=N)NC(=O)OC(C)(C)C)cc2)CC1. The summed E-state index contributed by atoms with van der Waals surface area (Å²) in [6.45, 7) is 11.4. The molecule has 0 aromatic heterocycles. The number of likely N-dealkylation sites (tertiary alicyclic amines) is 1. The van der Waals surface area contributed by atoms with E-state index >= 15 is 0 Å². The number of nitrogens with zero attached hydrogens (tertiary/aromatic N) is 1. The standard InChI is InChI=1S/C27H39N3O7/c1-17(2)36-23(32)16-35-21-11-13-30(14-12-21)25(33)18(3)15-22(31)19-7-9-20(10-8-19)24(28)29-26(34)37-27(4,5)6/h7-10,17-18,21H,11-16H2,1-6H3,(H2,28,29,34). The molecule has 1 aromatic carbocycles. The van der Waals surface area contributed by atoms with Crippen LogP contribution in [0.5, 0.6) is 0 Å². The Hall–Kier alpha value is -3.27. The van der Waals surface area contributed by atoms with Crippen LogP contribution in [0.4, 0.5) is 4.79 Å². The van der Waals surface area contributed by atoms with Gasteiger partial charge in [0.1, 0.15) is 18.0 Å². The summed E-state index contributed by atoms with van der Waals surface area (Å²) in [6.07, 6.45) is 0.269. The summed E-state index contributed by atoms with van der Waals surface area (Å²) in [6, 6.07) is 6.29. The van der Waals surface area contributed by atoms with Crippen molar-refractivity contribution in [2.45, 2.75) is 78.6 Å². The largest absolute Gasteiger partial charge is 0.461 e. The summed E-state index contributed by atoms with van der Waals surface area (Å²) < 4.78 is 15.8. The number of amides is 2. The number of hydrogen-bond acceptors (Lipinski definition) is 8. The van der Waals surface area contributed by atoms with Crippen molar-refractivity contribution in [3.8, 4) is 0 Å². The van der Waals surface area contributed by atoms with Gasteiger partial charge in [-0.1, -0.05) is 31.2 Å². The van der Waals surface area contributed by atoms with Gasteiger partial charge in [-0.25, -0.2) is 9.59 Å². The van der Waals surface area contributed by atoms with Gasteiger partial charge in [0.2, 0.25) is 5.91 Å². The number of ketones is 1. The number of Topliss-reactive ketones (excluding diaryl/α,β-unsaturated/α-hetero) is 1. The summed E-state index contributed by atoms with van der Waals surface area (Å²) in [4.78, 5) is 50.9. The molecule has 0 spiro atoms. The summed E-state index contributed by atoms with van der Waals surface area (Å²) in [5, 5.41) is 10.4. The normalized spacial score (nSPS) is 15.2. The fourth-order valence-electron chi connectivity index (χ4n) is 3.82. The number of hydrogen-bond donors (Lipinski definition) is 2. The first-order chi connectivity index (χ1) is 17.2. The third-order valence-electron chi connectivity index (χ3n) is 5.59. The van der Waals surface area contributed by atoms with E-state index in [2.05, 4.69) is 5.32 Å². The van der Waals surface area contributed by atoms with Crippen LogP contribution in [0.25, 0.3) is 0 Å². The highest BCUT2D eigenvalue weighted by molar-refractivity contribution is 6.05. The Balaban J connectivity index is 1.80. The van der Waals surface area contributed by atoms with Crippen molar-refractivity contribution in [1.29, 1.82) is 5.41 Å². The summed E-state index contributed by atoms with van der Waals surface area (Å²) in [7, 11) is 0. The number of piperidine rings is 1. The van der Waals surface area contributed by atoms with Crippen LogP contribution in [-0.4, -0.2) is 72.0 Å². The van der Waals surface area contributed by atoms with Crippen molar-refractivity contribution < 1.29 is 33.4 Å². The molecule has 2 rings (SSSR count). The minimum atomic E-state index is -0.728. The van der Waals surface area contributed by atoms with Crippen LogP contribution in [0.2, 0.25) is 0 Å². The summed E-state index contributed by atoms with van der Waals surface area (Å²) in [5.41, 5.74) is 0.171. The molecule has 37 heavy (non-hydrogen) atoms. The fourth-order valence-corrected chi connectivity index (χ4v) is 3.82. The second kappa shape index (κ2) is 13.3. The first kappa shape index (κ1) is 30.0. The van der Waals surface area contributed by atoms with Gasteiger partial charge in [-0.3, -0.25) is 20.3 Å². The molecule has 0 aliphatic carbocycles. The molecule has 1 aliphatic rings. The Morgan fingerprint density at radius 1 is 1.03 bits per heavy atom. The van der Waals surface area contributed by atoms with Gasteiger partial charge in [-0.2, -0.15) is 0 Å². The predicted octanol–water partition coefficient (Wildman–Crippen LogP) is 3.70. The van der Waals surface area contributed by atoms with Gasteiger partial charge >= 0.3 is 12.1 Å². The molecule has 1 aliphatic heterocycles. The van der Waals surface area contributed by atoms with E-state index in [4.69, 9.17) is 19.6 Å². The number of nitrogens with one attached hydrogen (secondary N) is 2. The molecule has 1 heterocycles. The topological polar surface area (TPSA) is 135 Å². The lowest BCUT2D eigenvalue weighted by molar-refractivity contribution is -0.156. The molecular formula is C27H39N3O7. The lowest BCUT2D eigenvalue weighted by Crippen LogP contribution is -2.43. The zero-order valence-corrected chi connectivity index (χ0v) is 22.6. The predicted molar refractivity (Wildman–Crippen MR) is 138 cm³/mol. The number of esters is 1. The number of carbonyl (C=O) groups excluding carboxylic acids is 4. The van der Waals surface area contributed by atoms with Gasteiger partial charge in [0.15, 0.2) is 5.78 Å². The zero-order valence-electron chi connectivity index (χ0n) is 22.6. The molecule has 0 bridgehead atoms. The van der Waals surface area contributed by atoms with Gasteiger partial charge in [0.25, 0.3) is 0 Å². The maximum atomic E-state index is 12.9. The minimum absolute atomic E-state index is 0.0588. The van der Waals surface area contributed by atoms with Crippen LogP contribution in [-0.2, 0) is 23.8 Å². The summed E-state index contributed by atoms with van der Waals surface area (Å²) >= 11 is 0. The van der Waals surface area contributed by atoms with E-state index in [0.29, 0.717) is 37.1 Å². The molecular weight excluding hydrogens is 478 g/mol. The van der Waals surface area contributed by atoms with Crippen LogP contribution >= 0.6 is 0 Å². The van der Waals surface area contributed by atoms with Crippen LogP contribution in [0.15, 0.2) is 24.3 Å². The smallest absolute Gasteiger partial charge is 0.413 e. The number of benzene rings is 1. The number of rotatable bonds is 9. The van der Waals surface area contributed by atoms with Crippen LogP contribution in [0.1, 0.15) is 76.7 Å². The molecule has 2 N–H and O–H groups in total. The quantitative estimate of drug-likeness (QED) is 0.221. The van der Waals surface area contributed by atoms with Gasteiger partial charge in [0.05, 0.1) is 12.2 Å². The summed E-state index contributed by atoms with van der Waals surface area (Å²) in [5.74, 6) is -1.30. The highest BCUT2D eigenvalue weighted by atomic mass is 16.6. The van der Waals surface area contributed by atoms with Crippen LogP contribution in [0.3, 0.4) is 0 Å². The molecule has 0 radical (unpaired) electrons. The van der Waals surface area contributed by atoms with E-state index in [1.165, 1.54) is 0 Å². The minimum Gasteiger partial charge on any atom is -0.461 e. The molecule has 1 unspecified atom stereocenters. The third kappa shape index (κ3) is 10.3. The molecule has 1 aromatic rings. The maximum absolute atomic E-state index is 12.9. The molecule has 1 saturated heterocycles. The second-order valence-electron chi connectivity index (χ2n) is 10.5. The van der Waals surface area contributed by atoms with Gasteiger partial charge in [0, 0.05) is 36.6 Å². The van der Waals surface area contributed by atoms with Crippen molar-refractivity contribution >= 4 is 29.6 Å². The van der Waals surface area contributed by atoms with Crippen molar-refractivity contribution in [3.05, 3.63) is 35.4 Å². The maximum Gasteiger partial charge on any atom is 0.413 e. The van der Waals surface area contributed by atoms with Crippen LogP contribution in [0, 0.1) is 11.3 Å². The second-order valence-corrected chi connectivity index (χ2v) is 10.5. The lowest BCUT2D eigenvalue weighted by atomic mass is 9.96. The Bertz CT molecular complexity index is 975. The monoisotopic (exact) mass is 517 g/mol. The van der Waals surface area contributed by atoms with Crippen molar-refractivity contribution in [2.24, 2.45) is 5.92 Å². The average Bonchev–Trinajstić information content (AvgIpc) is 2.81. The number of amidine groups is 1. The third-order valence-corrected chi connectivity index (χ3v) is 5.59. The van der Waals surface area contributed by atoms with Crippen molar-refractivity contribution in [3.63, 3.8) is 0 Å². The first-order valence-electron chi connectivity index (χ1n) is 12.6. The molecule has 10 heteroatoms. The molecule has 10 nitrogen and oxygen atoms in total. The van der Waals surface area contributed by atoms with E-state index < -0.39 is 23.6 Å². The Kier molecular flexibility index (Phi) is 10.8. The number of carbonyl (C=O) groups is 4. The fraction of sp³-hybridized carbons (Fsp3) is 0.593. The van der Waals surface area contributed by atoms with E-state index in [9.17, 15) is 19.2 Å². The van der Waals surface area contributed by atoms with Crippen molar-refractivity contribution in [1.82, 2.24) is 10.2 Å². The molecule has 0 saturated carbocycles. The Morgan fingerprint density at radius 2 is 1.59 bits per heavy atom. The highest BCUT2D eigenvalue weighted by Crippen LogP contribution is 2.19. The number of ether oxygens (including phenoxy) is 3. The van der Waals surface area contributed by atoms with Gasteiger partial charge < -0.3 is 19.1 Å². The Labute approximate surface area is 218 Å². The van der Waals surface area contributed by atoms with E-state index in [0.717, 1.165) is 0 Å². The van der Waals surface area contributed by atoms with E-state index in [-0.39, 0.29) is 42.8 Å². The van der Waals surface area contributed by atoms with E-state index in [1.54, 1.807) is 70.7 Å². The molecule has 1 fully saturated rings. The highest BCUT2D eigenvalue weighted by Gasteiger charge is 2.28. The van der Waals surface area contributed by atoms with Gasteiger partial charge in [-0.15, -0.1) is 0 Å². The Morgan fingerprint density at radius 3 is 2.14 bits per heavy atom. The lowest BCUT2D eigenvalue weighted by Gasteiger charge is -2.33. The first-order valence-corrected chi connectivity index (χ1v) is 12.6. The zero-order chi connectivity index (χ0) is 27.8. The number of alkyl carbamates (subject to hydrolysis) is 1. The molecule has 204 valence electrons. The molecule has 2 amide bonds. The van der Waals surface area contributed by atoms with Gasteiger partial charge in [-0.05, 0) is 47.5 Å². The van der Waals surface area contributed by atoms with Crippen molar-refractivity contribution in [2.75, 3.05) is 19.7 Å². The van der Waals surface area contributed by atoms with Crippen LogP contribution < -0.4 is 5.32 Å². The van der Waals surface area contributed by atoms with E-state index in [1.807, 2.05) is 0 Å². The molecule has 1 atom stereocenters.